The smallest absolute Gasteiger partial charge is 0.165 e. The van der Waals surface area contributed by atoms with Crippen LogP contribution >= 0.6 is 0 Å². The number of aromatic nitrogens is 1. The molecule has 0 saturated heterocycles. The zero-order valence-electron chi connectivity index (χ0n) is 10.2. The van der Waals surface area contributed by atoms with Crippen molar-refractivity contribution in [3.8, 4) is 5.75 Å². The first kappa shape index (κ1) is 11.7. The minimum absolute atomic E-state index is 0.267. The van der Waals surface area contributed by atoms with Crippen LogP contribution in [0.25, 0.3) is 10.9 Å². The van der Waals surface area contributed by atoms with Crippen LogP contribution in [0.5, 0.6) is 5.75 Å². The first-order valence-corrected chi connectivity index (χ1v) is 6.04. The van der Waals surface area contributed by atoms with Gasteiger partial charge in [-0.3, -0.25) is 4.98 Å². The van der Waals surface area contributed by atoms with Crippen molar-refractivity contribution in [2.75, 3.05) is 0 Å². The number of halogens is 1. The van der Waals surface area contributed by atoms with E-state index in [9.17, 15) is 4.39 Å². The zero-order valence-corrected chi connectivity index (χ0v) is 10.2. The summed E-state index contributed by atoms with van der Waals surface area (Å²) >= 11 is 0. The number of pyridine rings is 1. The van der Waals surface area contributed by atoms with Crippen LogP contribution in [0.2, 0.25) is 0 Å². The molecule has 1 aromatic heterocycles. The minimum Gasteiger partial charge on any atom is -0.486 e. The SMILES string of the molecule is Fc1ccccc1OCc1ccnc2ccccc12. The van der Waals surface area contributed by atoms with Crippen LogP contribution in [0, 0.1) is 5.82 Å². The third-order valence-corrected chi connectivity index (χ3v) is 2.96. The van der Waals surface area contributed by atoms with Crippen molar-refractivity contribution >= 4 is 10.9 Å². The number of rotatable bonds is 3. The van der Waals surface area contributed by atoms with Gasteiger partial charge in [0.15, 0.2) is 11.6 Å². The van der Waals surface area contributed by atoms with Gasteiger partial charge in [-0.15, -0.1) is 0 Å². The highest BCUT2D eigenvalue weighted by Gasteiger charge is 2.05. The summed E-state index contributed by atoms with van der Waals surface area (Å²) in [5.74, 6) is -0.0794. The van der Waals surface area contributed by atoms with Gasteiger partial charge in [0, 0.05) is 17.1 Å². The Morgan fingerprint density at radius 1 is 0.947 bits per heavy atom. The monoisotopic (exact) mass is 253 g/mol. The Kier molecular flexibility index (Phi) is 3.11. The molecular formula is C16H12FNO. The summed E-state index contributed by atoms with van der Waals surface area (Å²) in [5.41, 5.74) is 1.91. The van der Waals surface area contributed by atoms with Gasteiger partial charge in [0.2, 0.25) is 0 Å². The van der Waals surface area contributed by atoms with Gasteiger partial charge in [-0.2, -0.15) is 0 Å². The number of para-hydroxylation sites is 2. The van der Waals surface area contributed by atoms with Gasteiger partial charge in [0.1, 0.15) is 6.61 Å². The van der Waals surface area contributed by atoms with Gasteiger partial charge in [0.05, 0.1) is 5.52 Å². The summed E-state index contributed by atoms with van der Waals surface area (Å²) in [6, 6.07) is 16.1. The van der Waals surface area contributed by atoms with Crippen molar-refractivity contribution in [3.05, 3.63) is 72.2 Å². The molecule has 3 rings (SSSR count). The molecule has 0 bridgehead atoms. The number of nitrogens with zero attached hydrogens (tertiary/aromatic N) is 1. The Morgan fingerprint density at radius 2 is 1.74 bits per heavy atom. The molecule has 0 atom stereocenters. The first-order valence-electron chi connectivity index (χ1n) is 6.04. The van der Waals surface area contributed by atoms with Gasteiger partial charge in [-0.1, -0.05) is 30.3 Å². The topological polar surface area (TPSA) is 22.1 Å². The van der Waals surface area contributed by atoms with Gasteiger partial charge in [-0.25, -0.2) is 4.39 Å². The van der Waals surface area contributed by atoms with E-state index in [1.807, 2.05) is 30.3 Å². The maximum Gasteiger partial charge on any atom is 0.165 e. The van der Waals surface area contributed by atoms with E-state index in [-0.39, 0.29) is 11.6 Å². The molecule has 0 spiro atoms. The Bertz CT molecular complexity index is 706. The molecule has 3 aromatic rings. The summed E-state index contributed by atoms with van der Waals surface area (Å²) in [7, 11) is 0. The summed E-state index contributed by atoms with van der Waals surface area (Å²) in [6.45, 7) is 0.323. The lowest BCUT2D eigenvalue weighted by Gasteiger charge is -2.09. The summed E-state index contributed by atoms with van der Waals surface area (Å²) < 4.78 is 19.0. The van der Waals surface area contributed by atoms with Crippen molar-refractivity contribution in [1.82, 2.24) is 4.98 Å². The molecule has 0 aliphatic rings. The van der Waals surface area contributed by atoms with E-state index in [1.165, 1.54) is 6.07 Å². The number of hydrogen-bond donors (Lipinski definition) is 0. The lowest BCUT2D eigenvalue weighted by Crippen LogP contribution is -1.98. The molecule has 0 unspecified atom stereocenters. The van der Waals surface area contributed by atoms with E-state index in [1.54, 1.807) is 24.4 Å². The first-order chi connectivity index (χ1) is 9.34. The Hall–Kier alpha value is -2.42. The molecule has 94 valence electrons. The van der Waals surface area contributed by atoms with E-state index in [0.29, 0.717) is 6.61 Å². The van der Waals surface area contributed by atoms with Crippen LogP contribution in [0.15, 0.2) is 60.8 Å². The second kappa shape index (κ2) is 5.06. The molecule has 2 aromatic carbocycles. The average molecular weight is 253 g/mol. The average Bonchev–Trinajstić information content (AvgIpc) is 2.46. The third-order valence-electron chi connectivity index (χ3n) is 2.96. The molecule has 0 aliphatic heterocycles. The number of hydrogen-bond acceptors (Lipinski definition) is 2. The minimum atomic E-state index is -0.346. The fraction of sp³-hybridized carbons (Fsp3) is 0.0625. The van der Waals surface area contributed by atoms with Crippen LogP contribution in [-0.4, -0.2) is 4.98 Å². The lowest BCUT2D eigenvalue weighted by atomic mass is 10.1. The molecule has 19 heavy (non-hydrogen) atoms. The van der Waals surface area contributed by atoms with E-state index >= 15 is 0 Å². The van der Waals surface area contributed by atoms with Crippen molar-refractivity contribution < 1.29 is 9.13 Å². The largest absolute Gasteiger partial charge is 0.486 e. The maximum absolute atomic E-state index is 13.5. The van der Waals surface area contributed by atoms with E-state index in [2.05, 4.69) is 4.98 Å². The normalized spacial score (nSPS) is 10.6. The van der Waals surface area contributed by atoms with E-state index in [4.69, 9.17) is 4.74 Å². The van der Waals surface area contributed by atoms with Crippen LogP contribution in [0.4, 0.5) is 4.39 Å². The third kappa shape index (κ3) is 2.40. The van der Waals surface area contributed by atoms with Crippen molar-refractivity contribution in [1.29, 1.82) is 0 Å². The molecule has 2 nitrogen and oxygen atoms in total. The van der Waals surface area contributed by atoms with Crippen LogP contribution in [-0.2, 0) is 6.61 Å². The van der Waals surface area contributed by atoms with Crippen LogP contribution < -0.4 is 4.74 Å². The van der Waals surface area contributed by atoms with Gasteiger partial charge >= 0.3 is 0 Å². The Balaban J connectivity index is 1.88. The quantitative estimate of drug-likeness (QED) is 0.705. The molecule has 0 amide bonds. The van der Waals surface area contributed by atoms with Gasteiger partial charge in [0.25, 0.3) is 0 Å². The lowest BCUT2D eigenvalue weighted by molar-refractivity contribution is 0.291. The fourth-order valence-electron chi connectivity index (χ4n) is 2.00. The van der Waals surface area contributed by atoms with Crippen molar-refractivity contribution in [2.24, 2.45) is 0 Å². The van der Waals surface area contributed by atoms with E-state index in [0.717, 1.165) is 16.5 Å². The maximum atomic E-state index is 13.5. The van der Waals surface area contributed by atoms with Gasteiger partial charge in [-0.05, 0) is 24.3 Å². The van der Waals surface area contributed by atoms with E-state index < -0.39 is 0 Å². The molecular weight excluding hydrogens is 241 g/mol. The highest BCUT2D eigenvalue weighted by atomic mass is 19.1. The summed E-state index contributed by atoms with van der Waals surface area (Å²) in [6.07, 6.45) is 1.74. The molecule has 0 N–H and O–H groups in total. The van der Waals surface area contributed by atoms with Crippen molar-refractivity contribution in [3.63, 3.8) is 0 Å². The highest BCUT2D eigenvalue weighted by molar-refractivity contribution is 5.81. The molecule has 0 fully saturated rings. The summed E-state index contributed by atoms with van der Waals surface area (Å²) in [5, 5.41) is 1.03. The van der Waals surface area contributed by atoms with Crippen LogP contribution in [0.3, 0.4) is 0 Å². The second-order valence-electron chi connectivity index (χ2n) is 4.21. The fourth-order valence-corrected chi connectivity index (χ4v) is 2.00. The Labute approximate surface area is 110 Å². The molecule has 3 heteroatoms. The summed E-state index contributed by atoms with van der Waals surface area (Å²) in [4.78, 5) is 4.28. The standard InChI is InChI=1S/C16H12FNO/c17-14-6-2-4-8-16(14)19-11-12-9-10-18-15-7-3-1-5-13(12)15/h1-10H,11H2. The molecule has 1 heterocycles. The Morgan fingerprint density at radius 3 is 2.63 bits per heavy atom. The van der Waals surface area contributed by atoms with Crippen LogP contribution in [0.1, 0.15) is 5.56 Å². The highest BCUT2D eigenvalue weighted by Crippen LogP contribution is 2.20. The van der Waals surface area contributed by atoms with Gasteiger partial charge < -0.3 is 4.74 Å². The molecule has 0 radical (unpaired) electrons. The number of benzene rings is 2. The second-order valence-corrected chi connectivity index (χ2v) is 4.21. The number of ether oxygens (including phenoxy) is 1. The predicted molar refractivity (Wildman–Crippen MR) is 72.5 cm³/mol. The molecule has 0 aliphatic carbocycles. The number of fused-ring (bicyclic) bond motifs is 1. The zero-order chi connectivity index (χ0) is 13.1. The van der Waals surface area contributed by atoms with Crippen molar-refractivity contribution in [2.45, 2.75) is 6.61 Å². The predicted octanol–water partition coefficient (Wildman–Crippen LogP) is 3.95. The molecule has 0 saturated carbocycles.